The van der Waals surface area contributed by atoms with Crippen LogP contribution in [-0.4, -0.2) is 81.5 Å². The molecular weight excluding hydrogens is 330 g/mol. The van der Waals surface area contributed by atoms with E-state index in [4.69, 9.17) is 0 Å². The number of nitrogens with zero attached hydrogens (tertiary/aromatic N) is 7. The maximum Gasteiger partial charge on any atom is 0.236 e. The Hall–Kier alpha value is -2.48. The number of anilines is 1. The lowest BCUT2D eigenvalue weighted by Crippen LogP contribution is -2.51. The van der Waals surface area contributed by atoms with Crippen LogP contribution < -0.4 is 4.90 Å². The van der Waals surface area contributed by atoms with Gasteiger partial charge in [-0.3, -0.25) is 9.69 Å². The summed E-state index contributed by atoms with van der Waals surface area (Å²) in [5, 5.41) is 12.8. The average molecular weight is 355 g/mol. The Labute approximate surface area is 153 Å². The minimum Gasteiger partial charge on any atom is -0.353 e. The minimum absolute atomic E-state index is 0.279. The zero-order valence-electron chi connectivity index (χ0n) is 15.0. The first-order chi connectivity index (χ1) is 12.8. The van der Waals surface area contributed by atoms with Crippen molar-refractivity contribution in [1.82, 2.24) is 29.8 Å². The number of piperidine rings is 1. The van der Waals surface area contributed by atoms with E-state index >= 15 is 0 Å². The van der Waals surface area contributed by atoms with E-state index in [9.17, 15) is 4.79 Å². The van der Waals surface area contributed by atoms with Crippen LogP contribution in [0.1, 0.15) is 19.3 Å². The van der Waals surface area contributed by atoms with Gasteiger partial charge in [-0.15, -0.1) is 10.2 Å². The third-order valence-electron chi connectivity index (χ3n) is 5.14. The molecule has 0 unspecified atom stereocenters. The molecule has 0 aromatic carbocycles. The lowest BCUT2D eigenvalue weighted by Gasteiger charge is -2.36. The minimum atomic E-state index is 0.279. The quantitative estimate of drug-likeness (QED) is 0.808. The fourth-order valence-electron chi connectivity index (χ4n) is 3.58. The highest BCUT2D eigenvalue weighted by atomic mass is 16.2. The van der Waals surface area contributed by atoms with Crippen LogP contribution in [0.15, 0.2) is 30.6 Å². The molecule has 138 valence electrons. The Morgan fingerprint density at radius 2 is 1.65 bits per heavy atom. The van der Waals surface area contributed by atoms with E-state index in [1.807, 2.05) is 29.3 Å². The van der Waals surface area contributed by atoms with Crippen molar-refractivity contribution in [1.29, 1.82) is 0 Å². The molecule has 8 nitrogen and oxygen atoms in total. The van der Waals surface area contributed by atoms with E-state index in [1.54, 1.807) is 10.9 Å². The molecule has 2 aromatic heterocycles. The van der Waals surface area contributed by atoms with Crippen molar-refractivity contribution in [2.45, 2.75) is 19.3 Å². The molecule has 4 heterocycles. The van der Waals surface area contributed by atoms with Crippen molar-refractivity contribution in [3.63, 3.8) is 0 Å². The number of piperazine rings is 1. The molecule has 4 rings (SSSR count). The van der Waals surface area contributed by atoms with Crippen LogP contribution in [0.5, 0.6) is 0 Å². The Morgan fingerprint density at radius 1 is 0.923 bits per heavy atom. The van der Waals surface area contributed by atoms with Crippen LogP contribution in [0.2, 0.25) is 0 Å². The van der Waals surface area contributed by atoms with Crippen molar-refractivity contribution in [3.8, 4) is 5.82 Å². The molecule has 0 bridgehead atoms. The van der Waals surface area contributed by atoms with E-state index in [2.05, 4.69) is 25.1 Å². The lowest BCUT2D eigenvalue weighted by molar-refractivity contribution is -0.133. The summed E-state index contributed by atoms with van der Waals surface area (Å²) >= 11 is 0. The summed E-state index contributed by atoms with van der Waals surface area (Å²) in [6, 6.07) is 5.78. The van der Waals surface area contributed by atoms with Gasteiger partial charge in [-0.2, -0.15) is 5.10 Å². The molecule has 8 heteroatoms. The van der Waals surface area contributed by atoms with Crippen molar-refractivity contribution in [2.24, 2.45) is 0 Å². The van der Waals surface area contributed by atoms with Crippen LogP contribution in [0, 0.1) is 0 Å². The molecule has 2 saturated heterocycles. The van der Waals surface area contributed by atoms with Gasteiger partial charge >= 0.3 is 0 Å². The predicted octanol–water partition coefficient (Wildman–Crippen LogP) is 0.797. The maximum atomic E-state index is 12.4. The van der Waals surface area contributed by atoms with Gasteiger partial charge in [0.2, 0.25) is 5.91 Å². The number of likely N-dealkylation sites (tertiary alicyclic amines) is 1. The van der Waals surface area contributed by atoms with E-state index in [-0.39, 0.29) is 5.91 Å². The van der Waals surface area contributed by atoms with Crippen LogP contribution in [0.4, 0.5) is 5.82 Å². The Bertz CT molecular complexity index is 702. The summed E-state index contributed by atoms with van der Waals surface area (Å²) in [7, 11) is 0. The first kappa shape index (κ1) is 17.0. The molecule has 0 atom stereocenters. The van der Waals surface area contributed by atoms with E-state index in [0.29, 0.717) is 12.4 Å². The van der Waals surface area contributed by atoms with Gasteiger partial charge in [0.1, 0.15) is 0 Å². The largest absolute Gasteiger partial charge is 0.353 e. The first-order valence-corrected chi connectivity index (χ1v) is 9.38. The van der Waals surface area contributed by atoms with Crippen LogP contribution in [-0.2, 0) is 4.79 Å². The molecule has 0 N–H and O–H groups in total. The Kier molecular flexibility index (Phi) is 5.10. The summed E-state index contributed by atoms with van der Waals surface area (Å²) < 4.78 is 1.70. The predicted molar refractivity (Wildman–Crippen MR) is 98.2 cm³/mol. The highest BCUT2D eigenvalue weighted by molar-refractivity contribution is 5.78. The van der Waals surface area contributed by atoms with Gasteiger partial charge in [-0.25, -0.2) is 4.68 Å². The van der Waals surface area contributed by atoms with Gasteiger partial charge in [0, 0.05) is 51.7 Å². The van der Waals surface area contributed by atoms with E-state index in [1.165, 1.54) is 6.42 Å². The van der Waals surface area contributed by atoms with E-state index in [0.717, 1.165) is 57.9 Å². The standard InChI is InChI=1S/C18H25N7O/c26-18(24-8-2-1-3-9-24)15-22-11-13-23(14-12-22)16-5-6-17(21-20-16)25-10-4-7-19-25/h4-7,10H,1-3,8-9,11-15H2. The number of carbonyl (C=O) groups excluding carboxylic acids is 1. The number of hydrogen-bond acceptors (Lipinski definition) is 6. The monoisotopic (exact) mass is 355 g/mol. The van der Waals surface area contributed by atoms with E-state index < -0.39 is 0 Å². The zero-order valence-corrected chi connectivity index (χ0v) is 15.0. The van der Waals surface area contributed by atoms with Crippen molar-refractivity contribution < 1.29 is 4.79 Å². The summed E-state index contributed by atoms with van der Waals surface area (Å²) in [5.41, 5.74) is 0. The maximum absolute atomic E-state index is 12.4. The molecule has 2 aromatic rings. The lowest BCUT2D eigenvalue weighted by atomic mass is 10.1. The smallest absolute Gasteiger partial charge is 0.236 e. The van der Waals surface area contributed by atoms with Crippen molar-refractivity contribution >= 4 is 11.7 Å². The number of amides is 1. The van der Waals surface area contributed by atoms with Gasteiger partial charge in [-0.05, 0) is 37.5 Å². The summed E-state index contributed by atoms with van der Waals surface area (Å²) in [6.07, 6.45) is 7.11. The van der Waals surface area contributed by atoms with Gasteiger partial charge in [-0.1, -0.05) is 0 Å². The highest BCUT2D eigenvalue weighted by Gasteiger charge is 2.23. The first-order valence-electron chi connectivity index (χ1n) is 9.38. The molecule has 0 radical (unpaired) electrons. The van der Waals surface area contributed by atoms with Crippen molar-refractivity contribution in [3.05, 3.63) is 30.6 Å². The number of hydrogen-bond donors (Lipinski definition) is 0. The van der Waals surface area contributed by atoms with Crippen LogP contribution in [0.25, 0.3) is 5.82 Å². The Balaban J connectivity index is 1.28. The average Bonchev–Trinajstić information content (AvgIpc) is 3.24. The number of aromatic nitrogens is 4. The van der Waals surface area contributed by atoms with Gasteiger partial charge < -0.3 is 9.80 Å². The number of carbonyl (C=O) groups is 1. The molecule has 2 aliphatic rings. The molecule has 26 heavy (non-hydrogen) atoms. The van der Waals surface area contributed by atoms with Crippen LogP contribution in [0.3, 0.4) is 0 Å². The molecule has 0 saturated carbocycles. The normalized spacial score (nSPS) is 18.9. The molecular formula is C18H25N7O. The third-order valence-corrected chi connectivity index (χ3v) is 5.14. The van der Waals surface area contributed by atoms with Gasteiger partial charge in [0.25, 0.3) is 0 Å². The second-order valence-electron chi connectivity index (χ2n) is 6.91. The van der Waals surface area contributed by atoms with Gasteiger partial charge in [0.05, 0.1) is 6.54 Å². The molecule has 0 spiro atoms. The fourth-order valence-corrected chi connectivity index (χ4v) is 3.58. The summed E-state index contributed by atoms with van der Waals surface area (Å²) in [4.78, 5) is 18.9. The Morgan fingerprint density at radius 3 is 2.31 bits per heavy atom. The highest BCUT2D eigenvalue weighted by Crippen LogP contribution is 2.15. The van der Waals surface area contributed by atoms with Crippen LogP contribution >= 0.6 is 0 Å². The topological polar surface area (TPSA) is 70.4 Å². The SMILES string of the molecule is O=C(CN1CCN(c2ccc(-n3cccn3)nn2)CC1)N1CCCCC1. The fraction of sp³-hybridized carbons (Fsp3) is 0.556. The second kappa shape index (κ2) is 7.82. The second-order valence-corrected chi connectivity index (χ2v) is 6.91. The third kappa shape index (κ3) is 3.85. The molecule has 2 aliphatic heterocycles. The molecule has 1 amide bonds. The molecule has 2 fully saturated rings. The van der Waals surface area contributed by atoms with Crippen molar-refractivity contribution in [2.75, 3.05) is 50.7 Å². The summed E-state index contributed by atoms with van der Waals surface area (Å²) in [6.45, 7) is 5.88. The molecule has 0 aliphatic carbocycles. The zero-order chi connectivity index (χ0) is 17.8. The van der Waals surface area contributed by atoms with Gasteiger partial charge in [0.15, 0.2) is 11.6 Å². The summed E-state index contributed by atoms with van der Waals surface area (Å²) in [5.74, 6) is 1.87. The number of rotatable bonds is 4.